The van der Waals surface area contributed by atoms with Gasteiger partial charge < -0.3 is 9.29 Å². The highest BCUT2D eigenvalue weighted by Gasteiger charge is 2.12. The van der Waals surface area contributed by atoms with E-state index in [1.807, 2.05) is 0 Å². The number of benzene rings is 1. The molecule has 0 bridgehead atoms. The Morgan fingerprint density at radius 1 is 1.56 bits per heavy atom. The molecule has 1 atom stereocenters. The molecule has 0 heterocycles. The summed E-state index contributed by atoms with van der Waals surface area (Å²) in [6.07, 6.45) is 0. The van der Waals surface area contributed by atoms with Crippen LogP contribution in [-0.2, 0) is 21.6 Å². The number of carbonyl (C=O) groups is 1. The maximum atomic E-state index is 11.4. The first-order valence-electron chi connectivity index (χ1n) is 4.39. The Kier molecular flexibility index (Phi) is 4.64. The van der Waals surface area contributed by atoms with Crippen LogP contribution in [0.25, 0.3) is 0 Å². The van der Waals surface area contributed by atoms with Gasteiger partial charge in [-0.1, -0.05) is 27.0 Å². The van der Waals surface area contributed by atoms with Crippen LogP contribution in [0.4, 0.5) is 0 Å². The Morgan fingerprint density at radius 3 is 2.69 bits per heavy atom. The molecule has 0 fully saturated rings. The summed E-state index contributed by atoms with van der Waals surface area (Å²) >= 11 is 1.07. The van der Waals surface area contributed by atoms with E-state index < -0.39 is 17.0 Å². The van der Waals surface area contributed by atoms with Gasteiger partial charge in [0.2, 0.25) is 0 Å². The van der Waals surface area contributed by atoms with Crippen LogP contribution in [0.3, 0.4) is 0 Å². The minimum Gasteiger partial charge on any atom is -0.772 e. The Labute approximate surface area is 104 Å². The second-order valence-electron chi connectivity index (χ2n) is 3.20. The molecule has 0 saturated carbocycles. The molecule has 0 N–H and O–H groups in total. The van der Waals surface area contributed by atoms with Crippen LogP contribution in [0.15, 0.2) is 16.6 Å². The molecule has 1 unspecified atom stereocenters. The zero-order valence-corrected chi connectivity index (χ0v) is 11.2. The average molecular weight is 306 g/mol. The number of methoxy groups -OCH3 is 1. The highest BCUT2D eigenvalue weighted by Crippen LogP contribution is 2.23. The molecular formula is C10H10BrO4S-. The molecule has 1 aromatic rings. The van der Waals surface area contributed by atoms with Crippen LogP contribution in [0, 0.1) is 6.92 Å². The Bertz CT molecular complexity index is 445. The van der Waals surface area contributed by atoms with Gasteiger partial charge in [0.15, 0.2) is 0 Å². The zero-order chi connectivity index (χ0) is 12.3. The minimum atomic E-state index is -2.19. The van der Waals surface area contributed by atoms with Crippen molar-refractivity contribution >= 4 is 33.0 Å². The zero-order valence-electron chi connectivity index (χ0n) is 8.78. The summed E-state index contributed by atoms with van der Waals surface area (Å²) in [6, 6.07) is 3.23. The molecule has 16 heavy (non-hydrogen) atoms. The van der Waals surface area contributed by atoms with E-state index >= 15 is 0 Å². The quantitative estimate of drug-likeness (QED) is 0.632. The fourth-order valence-corrected chi connectivity index (χ4v) is 2.56. The second kappa shape index (κ2) is 5.56. The summed E-state index contributed by atoms with van der Waals surface area (Å²) in [6.45, 7) is 1.76. The molecular weight excluding hydrogens is 296 g/mol. The predicted molar refractivity (Wildman–Crippen MR) is 62.8 cm³/mol. The topological polar surface area (TPSA) is 66.4 Å². The molecule has 6 heteroatoms. The lowest BCUT2D eigenvalue weighted by Crippen LogP contribution is -2.06. The third kappa shape index (κ3) is 3.13. The van der Waals surface area contributed by atoms with E-state index in [4.69, 9.17) is 0 Å². The van der Waals surface area contributed by atoms with Gasteiger partial charge in [-0.05, 0) is 30.2 Å². The van der Waals surface area contributed by atoms with Gasteiger partial charge in [-0.25, -0.2) is 4.79 Å². The summed E-state index contributed by atoms with van der Waals surface area (Å²) < 4.78 is 26.5. The predicted octanol–water partition coefficient (Wildman–Crippen LogP) is 1.92. The van der Waals surface area contributed by atoms with Crippen molar-refractivity contribution in [3.8, 4) is 0 Å². The van der Waals surface area contributed by atoms with Crippen LogP contribution in [0.1, 0.15) is 21.5 Å². The van der Waals surface area contributed by atoms with Gasteiger partial charge in [0.05, 0.1) is 12.7 Å². The minimum absolute atomic E-state index is 0.134. The first kappa shape index (κ1) is 13.3. The monoisotopic (exact) mass is 305 g/mol. The number of carbonyl (C=O) groups excluding carboxylic acids is 1. The van der Waals surface area contributed by atoms with E-state index in [-0.39, 0.29) is 5.75 Å². The first-order chi connectivity index (χ1) is 7.45. The summed E-state index contributed by atoms with van der Waals surface area (Å²) in [7, 11) is 1.29. The van der Waals surface area contributed by atoms with Gasteiger partial charge in [0.1, 0.15) is 0 Å². The van der Waals surface area contributed by atoms with Gasteiger partial charge in [0, 0.05) is 10.2 Å². The third-order valence-corrected chi connectivity index (χ3v) is 3.36. The molecule has 4 nitrogen and oxygen atoms in total. The van der Waals surface area contributed by atoms with Crippen molar-refractivity contribution in [3.63, 3.8) is 0 Å². The van der Waals surface area contributed by atoms with Crippen molar-refractivity contribution in [2.45, 2.75) is 12.7 Å². The normalized spacial score (nSPS) is 12.2. The molecule has 0 aliphatic rings. The number of ether oxygens (including phenoxy) is 1. The second-order valence-corrected chi connectivity index (χ2v) is 4.95. The summed E-state index contributed by atoms with van der Waals surface area (Å²) in [4.78, 5) is 11.4. The fourth-order valence-electron chi connectivity index (χ4n) is 1.28. The number of hydrogen-bond acceptors (Lipinski definition) is 4. The molecule has 0 radical (unpaired) electrons. The lowest BCUT2D eigenvalue weighted by atomic mass is 10.1. The van der Waals surface area contributed by atoms with Crippen LogP contribution in [0.5, 0.6) is 0 Å². The van der Waals surface area contributed by atoms with Gasteiger partial charge in [-0.2, -0.15) is 0 Å². The summed E-state index contributed by atoms with van der Waals surface area (Å²) in [5, 5.41) is 0. The molecule has 0 aliphatic carbocycles. The van der Waals surface area contributed by atoms with Gasteiger partial charge in [-0.3, -0.25) is 4.21 Å². The van der Waals surface area contributed by atoms with E-state index in [2.05, 4.69) is 20.7 Å². The Hall–Kier alpha value is -0.720. The standard InChI is InChI=1S/C10H11BrO4S/c1-6-3-9(11)7(5-16(13)14)4-8(6)10(12)15-2/h3-4H,5H2,1-2H3,(H,13,14)/p-1. The van der Waals surface area contributed by atoms with Crippen molar-refractivity contribution in [3.05, 3.63) is 33.3 Å². The molecule has 88 valence electrons. The van der Waals surface area contributed by atoms with Crippen molar-refractivity contribution in [1.29, 1.82) is 0 Å². The van der Waals surface area contributed by atoms with Crippen molar-refractivity contribution in [2.75, 3.05) is 7.11 Å². The first-order valence-corrected chi connectivity index (χ1v) is 6.42. The van der Waals surface area contributed by atoms with Crippen LogP contribution in [-0.4, -0.2) is 21.8 Å². The van der Waals surface area contributed by atoms with E-state index in [0.29, 0.717) is 15.6 Å². The summed E-state index contributed by atoms with van der Waals surface area (Å²) in [5.41, 5.74) is 1.66. The number of esters is 1. The maximum absolute atomic E-state index is 11.4. The van der Waals surface area contributed by atoms with Crippen molar-refractivity contribution in [1.82, 2.24) is 0 Å². The SMILES string of the molecule is COC(=O)c1cc(CS(=O)[O-])c(Br)cc1C. The van der Waals surface area contributed by atoms with Crippen LogP contribution >= 0.6 is 15.9 Å². The van der Waals surface area contributed by atoms with Crippen molar-refractivity contribution < 1.29 is 18.3 Å². The number of hydrogen-bond donors (Lipinski definition) is 0. The van der Waals surface area contributed by atoms with Gasteiger partial charge >= 0.3 is 5.97 Å². The number of halogens is 1. The molecule has 0 aliphatic heterocycles. The molecule has 1 rings (SSSR count). The number of rotatable bonds is 3. The Balaban J connectivity index is 3.21. The van der Waals surface area contributed by atoms with E-state index in [9.17, 15) is 13.6 Å². The highest BCUT2D eigenvalue weighted by molar-refractivity contribution is 9.10. The van der Waals surface area contributed by atoms with E-state index in [1.54, 1.807) is 13.0 Å². The molecule has 1 aromatic carbocycles. The van der Waals surface area contributed by atoms with E-state index in [1.165, 1.54) is 13.2 Å². The Morgan fingerprint density at radius 2 is 2.19 bits per heavy atom. The van der Waals surface area contributed by atoms with Crippen LogP contribution in [0.2, 0.25) is 0 Å². The molecule has 0 saturated heterocycles. The average Bonchev–Trinajstić information content (AvgIpc) is 2.20. The van der Waals surface area contributed by atoms with Crippen LogP contribution < -0.4 is 0 Å². The smallest absolute Gasteiger partial charge is 0.338 e. The van der Waals surface area contributed by atoms with Crippen molar-refractivity contribution in [2.24, 2.45) is 0 Å². The molecule has 0 amide bonds. The highest BCUT2D eigenvalue weighted by atomic mass is 79.9. The largest absolute Gasteiger partial charge is 0.772 e. The lowest BCUT2D eigenvalue weighted by molar-refractivity contribution is 0.0599. The molecule has 0 aromatic heterocycles. The third-order valence-electron chi connectivity index (χ3n) is 2.07. The maximum Gasteiger partial charge on any atom is 0.338 e. The van der Waals surface area contributed by atoms with Gasteiger partial charge in [0.25, 0.3) is 0 Å². The summed E-state index contributed by atoms with van der Waals surface area (Å²) in [5.74, 6) is -0.604. The molecule has 0 spiro atoms. The number of aryl methyl sites for hydroxylation is 1. The fraction of sp³-hybridized carbons (Fsp3) is 0.300. The lowest BCUT2D eigenvalue weighted by Gasteiger charge is -2.11. The van der Waals surface area contributed by atoms with E-state index in [0.717, 1.165) is 5.56 Å². The van der Waals surface area contributed by atoms with Gasteiger partial charge in [-0.15, -0.1) is 0 Å².